The maximum absolute atomic E-state index is 12.6. The van der Waals surface area contributed by atoms with Gasteiger partial charge in [0.2, 0.25) is 5.91 Å². The fourth-order valence-corrected chi connectivity index (χ4v) is 2.73. The van der Waals surface area contributed by atoms with E-state index in [-0.39, 0.29) is 22.6 Å². The van der Waals surface area contributed by atoms with Crippen LogP contribution in [-0.2, 0) is 4.79 Å². The third kappa shape index (κ3) is 2.76. The molecule has 0 saturated heterocycles. The highest BCUT2D eigenvalue weighted by atomic mass is 16.4. The van der Waals surface area contributed by atoms with Crippen LogP contribution in [0, 0.1) is 6.92 Å². The molecule has 0 atom stereocenters. The molecule has 0 saturated carbocycles. The van der Waals surface area contributed by atoms with Crippen molar-refractivity contribution in [2.24, 2.45) is 0 Å². The smallest absolute Gasteiger partial charge is 0.335 e. The first kappa shape index (κ1) is 16.4. The molecule has 7 nitrogen and oxygen atoms in total. The monoisotopic (exact) mass is 338 g/mol. The Morgan fingerprint density at radius 2 is 1.68 bits per heavy atom. The fourth-order valence-electron chi connectivity index (χ4n) is 2.73. The van der Waals surface area contributed by atoms with E-state index >= 15 is 0 Å². The zero-order chi connectivity index (χ0) is 18.3. The first-order valence-corrected chi connectivity index (χ1v) is 7.44. The highest BCUT2D eigenvalue weighted by Gasteiger charge is 2.37. The zero-order valence-electron chi connectivity index (χ0n) is 13.5. The summed E-state index contributed by atoms with van der Waals surface area (Å²) < 4.78 is 0. The lowest BCUT2D eigenvalue weighted by Gasteiger charge is -2.16. The molecule has 3 amide bonds. The lowest BCUT2D eigenvalue weighted by Crippen LogP contribution is -2.29. The van der Waals surface area contributed by atoms with Crippen LogP contribution in [0.1, 0.15) is 43.6 Å². The van der Waals surface area contributed by atoms with Crippen LogP contribution in [0.4, 0.5) is 11.4 Å². The Bertz CT molecular complexity index is 948. The van der Waals surface area contributed by atoms with Crippen LogP contribution in [0.2, 0.25) is 0 Å². The second kappa shape index (κ2) is 5.86. The van der Waals surface area contributed by atoms with Gasteiger partial charge in [0.25, 0.3) is 11.8 Å². The van der Waals surface area contributed by atoms with Crippen LogP contribution in [0.5, 0.6) is 0 Å². The molecule has 0 bridgehead atoms. The number of aryl methyl sites for hydroxylation is 1. The topological polar surface area (TPSA) is 104 Å². The SMILES string of the molecule is CC(=O)Nc1ccc(N2C(=O)c3ccc(C(=O)O)cc3C2=O)cc1C. The number of hydrogen-bond donors (Lipinski definition) is 2. The minimum Gasteiger partial charge on any atom is -0.478 e. The summed E-state index contributed by atoms with van der Waals surface area (Å²) in [6, 6.07) is 8.62. The molecule has 0 fully saturated rings. The maximum atomic E-state index is 12.6. The van der Waals surface area contributed by atoms with Crippen molar-refractivity contribution >= 4 is 35.1 Å². The molecule has 2 aromatic rings. The second-order valence-corrected chi connectivity index (χ2v) is 5.69. The van der Waals surface area contributed by atoms with Gasteiger partial charge in [-0.3, -0.25) is 14.4 Å². The van der Waals surface area contributed by atoms with Gasteiger partial charge in [-0.25, -0.2) is 9.69 Å². The molecule has 2 N–H and O–H groups in total. The van der Waals surface area contributed by atoms with Crippen LogP contribution >= 0.6 is 0 Å². The van der Waals surface area contributed by atoms with Gasteiger partial charge in [0.15, 0.2) is 0 Å². The summed E-state index contributed by atoms with van der Waals surface area (Å²) in [6.07, 6.45) is 0. The van der Waals surface area contributed by atoms with Gasteiger partial charge in [0.1, 0.15) is 0 Å². The molecule has 1 aliphatic heterocycles. The molecule has 1 aliphatic rings. The van der Waals surface area contributed by atoms with Crippen molar-refractivity contribution < 1.29 is 24.3 Å². The molecule has 0 radical (unpaired) electrons. The number of anilines is 2. The van der Waals surface area contributed by atoms with Gasteiger partial charge < -0.3 is 10.4 Å². The van der Waals surface area contributed by atoms with E-state index in [1.165, 1.54) is 25.1 Å². The highest BCUT2D eigenvalue weighted by molar-refractivity contribution is 6.34. The largest absolute Gasteiger partial charge is 0.478 e. The minimum atomic E-state index is -1.17. The lowest BCUT2D eigenvalue weighted by molar-refractivity contribution is -0.114. The number of carbonyl (C=O) groups is 4. The highest BCUT2D eigenvalue weighted by Crippen LogP contribution is 2.31. The summed E-state index contributed by atoms with van der Waals surface area (Å²) in [7, 11) is 0. The summed E-state index contributed by atoms with van der Waals surface area (Å²) >= 11 is 0. The molecular formula is C18H14N2O5. The molecule has 2 aromatic carbocycles. The molecule has 1 heterocycles. The number of nitrogens with zero attached hydrogens (tertiary/aromatic N) is 1. The zero-order valence-corrected chi connectivity index (χ0v) is 13.5. The van der Waals surface area contributed by atoms with E-state index in [0.717, 1.165) is 4.90 Å². The van der Waals surface area contributed by atoms with E-state index in [9.17, 15) is 19.2 Å². The maximum Gasteiger partial charge on any atom is 0.335 e. The van der Waals surface area contributed by atoms with Gasteiger partial charge in [0.05, 0.1) is 22.4 Å². The Morgan fingerprint density at radius 1 is 1.00 bits per heavy atom. The van der Waals surface area contributed by atoms with Gasteiger partial charge in [0, 0.05) is 12.6 Å². The van der Waals surface area contributed by atoms with Crippen molar-refractivity contribution in [3.63, 3.8) is 0 Å². The predicted octanol–water partition coefficient (Wildman–Crippen LogP) is 2.45. The number of carboxylic acid groups (broad SMARTS) is 1. The van der Waals surface area contributed by atoms with E-state index in [1.54, 1.807) is 25.1 Å². The van der Waals surface area contributed by atoms with E-state index in [0.29, 0.717) is 16.9 Å². The van der Waals surface area contributed by atoms with Crippen molar-refractivity contribution in [2.45, 2.75) is 13.8 Å². The lowest BCUT2D eigenvalue weighted by atomic mass is 10.1. The number of hydrogen-bond acceptors (Lipinski definition) is 4. The third-order valence-electron chi connectivity index (χ3n) is 3.91. The summed E-state index contributed by atoms with van der Waals surface area (Å²) in [5.74, 6) is -2.48. The van der Waals surface area contributed by atoms with Crippen molar-refractivity contribution in [2.75, 3.05) is 10.2 Å². The van der Waals surface area contributed by atoms with Crippen LogP contribution in [0.15, 0.2) is 36.4 Å². The normalized spacial score (nSPS) is 13.0. The molecule has 0 aromatic heterocycles. The van der Waals surface area contributed by atoms with Gasteiger partial charge in [-0.1, -0.05) is 0 Å². The summed E-state index contributed by atoms with van der Waals surface area (Å²) in [5, 5.41) is 11.7. The number of amides is 3. The van der Waals surface area contributed by atoms with Crippen molar-refractivity contribution in [1.29, 1.82) is 0 Å². The van der Waals surface area contributed by atoms with E-state index in [1.807, 2.05) is 0 Å². The number of carboxylic acids is 1. The first-order valence-electron chi connectivity index (χ1n) is 7.44. The molecule has 0 unspecified atom stereocenters. The molecule has 3 rings (SSSR count). The number of carbonyl (C=O) groups excluding carboxylic acids is 3. The average Bonchev–Trinajstić information content (AvgIpc) is 2.80. The van der Waals surface area contributed by atoms with Crippen molar-refractivity contribution in [3.05, 3.63) is 58.7 Å². The van der Waals surface area contributed by atoms with Gasteiger partial charge in [-0.2, -0.15) is 0 Å². The second-order valence-electron chi connectivity index (χ2n) is 5.69. The van der Waals surface area contributed by atoms with Crippen LogP contribution < -0.4 is 10.2 Å². The summed E-state index contributed by atoms with van der Waals surface area (Å²) in [6.45, 7) is 3.13. The van der Waals surface area contributed by atoms with Crippen LogP contribution in [-0.4, -0.2) is 28.8 Å². The number of fused-ring (bicyclic) bond motifs is 1. The number of imide groups is 1. The van der Waals surface area contributed by atoms with Gasteiger partial charge in [-0.05, 0) is 48.9 Å². The first-order chi connectivity index (χ1) is 11.8. The van der Waals surface area contributed by atoms with Crippen molar-refractivity contribution in [1.82, 2.24) is 0 Å². The van der Waals surface area contributed by atoms with E-state index < -0.39 is 17.8 Å². The molecule has 7 heteroatoms. The number of nitrogens with one attached hydrogen (secondary N) is 1. The molecule has 0 aliphatic carbocycles. The summed E-state index contributed by atoms with van der Waals surface area (Å²) in [5.41, 5.74) is 1.80. The minimum absolute atomic E-state index is 0.0565. The number of benzene rings is 2. The Kier molecular flexibility index (Phi) is 3.84. The quantitative estimate of drug-likeness (QED) is 0.837. The Morgan fingerprint density at radius 3 is 2.28 bits per heavy atom. The van der Waals surface area contributed by atoms with E-state index in [2.05, 4.69) is 5.32 Å². The fraction of sp³-hybridized carbons (Fsp3) is 0.111. The molecule has 0 spiro atoms. The summed E-state index contributed by atoms with van der Waals surface area (Å²) in [4.78, 5) is 48.4. The number of rotatable bonds is 3. The van der Waals surface area contributed by atoms with E-state index in [4.69, 9.17) is 5.11 Å². The van der Waals surface area contributed by atoms with Crippen LogP contribution in [0.25, 0.3) is 0 Å². The third-order valence-corrected chi connectivity index (χ3v) is 3.91. The molecule has 25 heavy (non-hydrogen) atoms. The standard InChI is InChI=1S/C18H14N2O5/c1-9-7-12(4-6-15(9)19-10(2)21)20-16(22)13-5-3-11(18(24)25)8-14(13)17(20)23/h3-8H,1-2H3,(H,19,21)(H,24,25). The predicted molar refractivity (Wildman–Crippen MR) is 90.0 cm³/mol. The average molecular weight is 338 g/mol. The number of aromatic carboxylic acids is 1. The van der Waals surface area contributed by atoms with Crippen LogP contribution in [0.3, 0.4) is 0 Å². The molecular weight excluding hydrogens is 324 g/mol. The van der Waals surface area contributed by atoms with Crippen molar-refractivity contribution in [3.8, 4) is 0 Å². The Labute approximate surface area is 142 Å². The molecule has 126 valence electrons. The Balaban J connectivity index is 2.00. The Hall–Kier alpha value is -3.48. The van der Waals surface area contributed by atoms with Gasteiger partial charge in [-0.15, -0.1) is 0 Å². The van der Waals surface area contributed by atoms with Gasteiger partial charge >= 0.3 is 5.97 Å².